The molecule has 5 nitrogen and oxygen atoms in total. The Balaban J connectivity index is 1.44. The topological polar surface area (TPSA) is 67.2 Å². The minimum Gasteiger partial charge on any atom is -0.361 e. The summed E-state index contributed by atoms with van der Waals surface area (Å²) in [5, 5.41) is 10.2. The highest BCUT2D eigenvalue weighted by Gasteiger charge is 2.31. The van der Waals surface area contributed by atoms with Gasteiger partial charge in [-0.05, 0) is 69.2 Å². The molecule has 0 bridgehead atoms. The third kappa shape index (κ3) is 6.06. The third-order valence-electron chi connectivity index (χ3n) is 5.31. The van der Waals surface area contributed by atoms with Gasteiger partial charge >= 0.3 is 6.18 Å². The van der Waals surface area contributed by atoms with Crippen LogP contribution in [0, 0.1) is 19.8 Å². The lowest BCUT2D eigenvalue weighted by atomic mass is 9.86. The molecule has 0 aliphatic heterocycles. The van der Waals surface area contributed by atoms with Crippen molar-refractivity contribution in [3.05, 3.63) is 52.4 Å². The van der Waals surface area contributed by atoms with Crippen LogP contribution < -0.4 is 10.6 Å². The standard InChI is InChI=1S/C21H26F3N3O2/c1-13-7-16(10-17(8-13)21(22,23)24)20(28)26-11-15-3-5-18(6-4-15)25-12-19-9-14(2)29-27-19/h7-10,15,18,25H,3-6,11-12H2,1-2H3,(H,26,28)/t15-,18-. The Labute approximate surface area is 168 Å². The number of rotatable bonds is 6. The van der Waals surface area contributed by atoms with Crippen LogP contribution in [-0.4, -0.2) is 23.7 Å². The van der Waals surface area contributed by atoms with Crippen molar-refractivity contribution in [3.63, 3.8) is 0 Å². The van der Waals surface area contributed by atoms with Crippen LogP contribution in [0.4, 0.5) is 13.2 Å². The van der Waals surface area contributed by atoms with Crippen LogP contribution in [0.25, 0.3) is 0 Å². The summed E-state index contributed by atoms with van der Waals surface area (Å²) in [6, 6.07) is 5.74. The number of hydrogen-bond donors (Lipinski definition) is 2. The average molecular weight is 409 g/mol. The second-order valence-corrected chi connectivity index (χ2v) is 7.82. The highest BCUT2D eigenvalue weighted by atomic mass is 19.4. The summed E-state index contributed by atoms with van der Waals surface area (Å²) >= 11 is 0. The summed E-state index contributed by atoms with van der Waals surface area (Å²) < 4.78 is 43.9. The normalized spacial score (nSPS) is 19.9. The SMILES string of the molecule is Cc1cc(C(=O)NC[C@H]2CC[C@H](NCc3cc(C)on3)CC2)cc(C(F)(F)F)c1. The second-order valence-electron chi connectivity index (χ2n) is 7.82. The summed E-state index contributed by atoms with van der Waals surface area (Å²) in [4.78, 5) is 12.3. The number of nitrogens with zero attached hydrogens (tertiary/aromatic N) is 1. The summed E-state index contributed by atoms with van der Waals surface area (Å²) in [5.74, 6) is 0.663. The van der Waals surface area contributed by atoms with E-state index in [2.05, 4.69) is 15.8 Å². The van der Waals surface area contributed by atoms with E-state index >= 15 is 0 Å². The summed E-state index contributed by atoms with van der Waals surface area (Å²) in [5.41, 5.74) is 0.555. The van der Waals surface area contributed by atoms with Gasteiger partial charge in [-0.15, -0.1) is 0 Å². The fourth-order valence-electron chi connectivity index (χ4n) is 3.74. The summed E-state index contributed by atoms with van der Waals surface area (Å²) in [7, 11) is 0. The Morgan fingerprint density at radius 2 is 1.86 bits per heavy atom. The molecule has 1 heterocycles. The zero-order valence-electron chi connectivity index (χ0n) is 16.6. The first-order chi connectivity index (χ1) is 13.7. The molecule has 1 aliphatic carbocycles. The smallest absolute Gasteiger partial charge is 0.361 e. The molecule has 3 rings (SSSR count). The molecule has 1 amide bonds. The molecule has 2 N–H and O–H groups in total. The van der Waals surface area contributed by atoms with Gasteiger partial charge < -0.3 is 15.2 Å². The van der Waals surface area contributed by atoms with Gasteiger partial charge in [0.1, 0.15) is 5.76 Å². The Morgan fingerprint density at radius 1 is 1.14 bits per heavy atom. The van der Waals surface area contributed by atoms with E-state index in [0.717, 1.165) is 49.3 Å². The molecule has 0 radical (unpaired) electrons. The number of alkyl halides is 3. The van der Waals surface area contributed by atoms with Gasteiger partial charge in [-0.1, -0.05) is 5.16 Å². The molecular formula is C21H26F3N3O2. The number of halogens is 3. The molecule has 1 aromatic carbocycles. The van der Waals surface area contributed by atoms with Gasteiger partial charge in [0.15, 0.2) is 0 Å². The molecule has 1 aromatic heterocycles. The molecule has 1 aliphatic rings. The quantitative estimate of drug-likeness (QED) is 0.743. The Hall–Kier alpha value is -2.35. The molecule has 0 spiro atoms. The van der Waals surface area contributed by atoms with Crippen molar-refractivity contribution in [1.82, 2.24) is 15.8 Å². The van der Waals surface area contributed by atoms with Crippen molar-refractivity contribution < 1.29 is 22.5 Å². The predicted octanol–water partition coefficient (Wildman–Crippen LogP) is 4.39. The number of carbonyl (C=O) groups excluding carboxylic acids is 1. The van der Waals surface area contributed by atoms with Gasteiger partial charge in [-0.3, -0.25) is 4.79 Å². The van der Waals surface area contributed by atoms with E-state index in [1.807, 2.05) is 13.0 Å². The highest BCUT2D eigenvalue weighted by Crippen LogP contribution is 2.30. The maximum atomic E-state index is 13.0. The predicted molar refractivity (Wildman–Crippen MR) is 102 cm³/mol. The van der Waals surface area contributed by atoms with Crippen LogP contribution in [-0.2, 0) is 12.7 Å². The van der Waals surface area contributed by atoms with Gasteiger partial charge in [0, 0.05) is 30.8 Å². The van der Waals surface area contributed by atoms with Crippen molar-refractivity contribution in [3.8, 4) is 0 Å². The minimum absolute atomic E-state index is 0.0515. The number of aryl methyl sites for hydroxylation is 2. The van der Waals surface area contributed by atoms with Crippen molar-refractivity contribution >= 4 is 5.91 Å². The first kappa shape index (κ1) is 21.4. The summed E-state index contributed by atoms with van der Waals surface area (Å²) in [6.07, 6.45) is -0.577. The molecule has 0 unspecified atom stereocenters. The molecule has 158 valence electrons. The molecule has 0 saturated heterocycles. The van der Waals surface area contributed by atoms with Crippen LogP contribution in [0.15, 0.2) is 28.8 Å². The Bertz CT molecular complexity index is 840. The number of aromatic nitrogens is 1. The van der Waals surface area contributed by atoms with Gasteiger partial charge in [0.25, 0.3) is 5.91 Å². The van der Waals surface area contributed by atoms with E-state index in [-0.39, 0.29) is 5.56 Å². The monoisotopic (exact) mass is 409 g/mol. The van der Waals surface area contributed by atoms with E-state index in [4.69, 9.17) is 4.52 Å². The molecule has 29 heavy (non-hydrogen) atoms. The van der Waals surface area contributed by atoms with Gasteiger partial charge in [0.05, 0.1) is 11.3 Å². The van der Waals surface area contributed by atoms with Crippen molar-refractivity contribution in [2.24, 2.45) is 5.92 Å². The van der Waals surface area contributed by atoms with Crippen LogP contribution in [0.3, 0.4) is 0 Å². The van der Waals surface area contributed by atoms with E-state index in [0.29, 0.717) is 30.6 Å². The van der Waals surface area contributed by atoms with E-state index < -0.39 is 17.6 Å². The van der Waals surface area contributed by atoms with Crippen LogP contribution in [0.5, 0.6) is 0 Å². The largest absolute Gasteiger partial charge is 0.416 e. The lowest BCUT2D eigenvalue weighted by Crippen LogP contribution is -2.36. The number of carbonyl (C=O) groups is 1. The number of hydrogen-bond acceptors (Lipinski definition) is 4. The van der Waals surface area contributed by atoms with E-state index in [1.54, 1.807) is 6.92 Å². The molecule has 2 aromatic rings. The van der Waals surface area contributed by atoms with E-state index in [1.165, 1.54) is 6.07 Å². The van der Waals surface area contributed by atoms with Gasteiger partial charge in [-0.25, -0.2) is 0 Å². The van der Waals surface area contributed by atoms with Crippen molar-refractivity contribution in [1.29, 1.82) is 0 Å². The fraction of sp³-hybridized carbons (Fsp3) is 0.524. The zero-order valence-corrected chi connectivity index (χ0v) is 16.6. The number of benzene rings is 1. The molecule has 1 fully saturated rings. The molecule has 0 atom stereocenters. The Kier molecular flexibility index (Phi) is 6.62. The lowest BCUT2D eigenvalue weighted by molar-refractivity contribution is -0.137. The summed E-state index contributed by atoms with van der Waals surface area (Å²) in [6.45, 7) is 4.55. The van der Waals surface area contributed by atoms with E-state index in [9.17, 15) is 18.0 Å². The second kappa shape index (κ2) is 8.98. The fourth-order valence-corrected chi connectivity index (χ4v) is 3.74. The van der Waals surface area contributed by atoms with Crippen LogP contribution in [0.2, 0.25) is 0 Å². The first-order valence-corrected chi connectivity index (χ1v) is 9.83. The highest BCUT2D eigenvalue weighted by molar-refractivity contribution is 5.94. The molecule has 1 saturated carbocycles. The first-order valence-electron chi connectivity index (χ1n) is 9.83. The maximum Gasteiger partial charge on any atom is 0.416 e. The zero-order chi connectivity index (χ0) is 21.0. The number of nitrogens with one attached hydrogen (secondary N) is 2. The van der Waals surface area contributed by atoms with Crippen molar-refractivity contribution in [2.75, 3.05) is 6.54 Å². The van der Waals surface area contributed by atoms with Gasteiger partial charge in [0.2, 0.25) is 0 Å². The van der Waals surface area contributed by atoms with Crippen molar-refractivity contribution in [2.45, 2.75) is 58.3 Å². The average Bonchev–Trinajstić information content (AvgIpc) is 3.09. The Morgan fingerprint density at radius 3 is 2.48 bits per heavy atom. The lowest BCUT2D eigenvalue weighted by Gasteiger charge is -2.29. The maximum absolute atomic E-state index is 13.0. The van der Waals surface area contributed by atoms with Crippen LogP contribution in [0.1, 0.15) is 58.6 Å². The molecule has 8 heteroatoms. The number of amides is 1. The molecular weight excluding hydrogens is 383 g/mol. The van der Waals surface area contributed by atoms with Gasteiger partial charge in [-0.2, -0.15) is 13.2 Å². The van der Waals surface area contributed by atoms with Crippen LogP contribution >= 0.6 is 0 Å². The third-order valence-corrected chi connectivity index (χ3v) is 5.31. The minimum atomic E-state index is -4.46.